The van der Waals surface area contributed by atoms with Gasteiger partial charge in [-0.3, -0.25) is 4.90 Å². The van der Waals surface area contributed by atoms with Crippen molar-refractivity contribution in [2.75, 3.05) is 19.6 Å². The highest BCUT2D eigenvalue weighted by Gasteiger charge is 2.20. The van der Waals surface area contributed by atoms with Gasteiger partial charge in [0.15, 0.2) is 0 Å². The Morgan fingerprint density at radius 1 is 1.24 bits per heavy atom. The summed E-state index contributed by atoms with van der Waals surface area (Å²) < 4.78 is 0. The minimum atomic E-state index is 0.642. The van der Waals surface area contributed by atoms with E-state index in [1.807, 2.05) is 0 Å². The molecular weight excluding hydrogens is 206 g/mol. The topological polar surface area (TPSA) is 3.24 Å². The molecule has 0 spiro atoms. The lowest BCUT2D eigenvalue weighted by Gasteiger charge is -2.31. The van der Waals surface area contributed by atoms with Crippen LogP contribution in [-0.2, 0) is 0 Å². The number of likely N-dealkylation sites (N-methyl/N-ethyl adjacent to an activating group) is 1. The van der Waals surface area contributed by atoms with Crippen LogP contribution in [0.1, 0.15) is 30.5 Å². The monoisotopic (exact) mass is 229 g/mol. The van der Waals surface area contributed by atoms with E-state index >= 15 is 0 Å². The fraction of sp³-hybridized carbons (Fsp3) is 0.500. The first-order valence-corrected chi connectivity index (χ1v) is 6.62. The molecule has 1 aromatic carbocycles. The predicted molar refractivity (Wildman–Crippen MR) is 75.2 cm³/mol. The SMILES string of the molecule is CCN1CC=C(c2c(C)cccc2C)C(C)C1. The first-order chi connectivity index (χ1) is 8.13. The molecule has 1 aliphatic heterocycles. The summed E-state index contributed by atoms with van der Waals surface area (Å²) in [5.74, 6) is 0.642. The van der Waals surface area contributed by atoms with Crippen LogP contribution in [0, 0.1) is 19.8 Å². The van der Waals surface area contributed by atoms with Crippen LogP contribution < -0.4 is 0 Å². The van der Waals surface area contributed by atoms with E-state index in [2.05, 4.69) is 56.9 Å². The molecule has 0 radical (unpaired) electrons. The van der Waals surface area contributed by atoms with Crippen LogP contribution in [0.3, 0.4) is 0 Å². The van der Waals surface area contributed by atoms with E-state index in [0.29, 0.717) is 5.92 Å². The maximum Gasteiger partial charge on any atom is 0.0169 e. The predicted octanol–water partition coefficient (Wildman–Crippen LogP) is 3.66. The van der Waals surface area contributed by atoms with Crippen LogP contribution in [-0.4, -0.2) is 24.5 Å². The van der Waals surface area contributed by atoms with Crippen LogP contribution in [0.15, 0.2) is 24.3 Å². The van der Waals surface area contributed by atoms with Gasteiger partial charge in [-0.25, -0.2) is 0 Å². The minimum absolute atomic E-state index is 0.642. The first-order valence-electron chi connectivity index (χ1n) is 6.62. The second-order valence-corrected chi connectivity index (χ2v) is 5.18. The smallest absolute Gasteiger partial charge is 0.0169 e. The van der Waals surface area contributed by atoms with Crippen molar-refractivity contribution in [1.82, 2.24) is 4.90 Å². The number of aryl methyl sites for hydroxylation is 2. The van der Waals surface area contributed by atoms with Crippen molar-refractivity contribution in [2.45, 2.75) is 27.7 Å². The van der Waals surface area contributed by atoms with Crippen LogP contribution in [0.2, 0.25) is 0 Å². The summed E-state index contributed by atoms with van der Waals surface area (Å²) in [6.45, 7) is 12.5. The fourth-order valence-electron chi connectivity index (χ4n) is 2.87. The molecule has 0 aromatic heterocycles. The Morgan fingerprint density at radius 2 is 1.88 bits per heavy atom. The van der Waals surface area contributed by atoms with Crippen molar-refractivity contribution in [3.63, 3.8) is 0 Å². The lowest BCUT2D eigenvalue weighted by molar-refractivity contribution is 0.285. The minimum Gasteiger partial charge on any atom is -0.299 e. The maximum atomic E-state index is 2.50. The molecule has 92 valence electrons. The number of nitrogens with zero attached hydrogens (tertiary/aromatic N) is 1. The van der Waals surface area contributed by atoms with E-state index in [9.17, 15) is 0 Å². The van der Waals surface area contributed by atoms with E-state index in [4.69, 9.17) is 0 Å². The van der Waals surface area contributed by atoms with Crippen molar-refractivity contribution in [3.8, 4) is 0 Å². The molecule has 1 heterocycles. The van der Waals surface area contributed by atoms with Gasteiger partial charge in [0.05, 0.1) is 0 Å². The van der Waals surface area contributed by atoms with Gasteiger partial charge in [-0.2, -0.15) is 0 Å². The maximum absolute atomic E-state index is 2.50. The molecule has 0 N–H and O–H groups in total. The van der Waals surface area contributed by atoms with Gasteiger partial charge in [0, 0.05) is 13.1 Å². The van der Waals surface area contributed by atoms with Crippen molar-refractivity contribution in [3.05, 3.63) is 41.0 Å². The van der Waals surface area contributed by atoms with Gasteiger partial charge >= 0.3 is 0 Å². The molecular formula is C16H23N. The average Bonchev–Trinajstić information content (AvgIpc) is 2.30. The lowest BCUT2D eigenvalue weighted by atomic mass is 9.86. The Balaban J connectivity index is 2.37. The largest absolute Gasteiger partial charge is 0.299 e. The summed E-state index contributed by atoms with van der Waals surface area (Å²) in [6, 6.07) is 6.60. The van der Waals surface area contributed by atoms with Gasteiger partial charge in [-0.15, -0.1) is 0 Å². The van der Waals surface area contributed by atoms with Crippen molar-refractivity contribution in [1.29, 1.82) is 0 Å². The molecule has 17 heavy (non-hydrogen) atoms. The zero-order valence-electron chi connectivity index (χ0n) is 11.5. The van der Waals surface area contributed by atoms with Gasteiger partial charge in [-0.1, -0.05) is 38.1 Å². The standard InChI is InChI=1S/C16H23N/c1-5-17-10-9-15(14(4)11-17)16-12(2)7-6-8-13(16)3/h6-9,14H,5,10-11H2,1-4H3. The summed E-state index contributed by atoms with van der Waals surface area (Å²) in [4.78, 5) is 2.50. The van der Waals surface area contributed by atoms with E-state index in [-0.39, 0.29) is 0 Å². The lowest BCUT2D eigenvalue weighted by Crippen LogP contribution is -2.33. The number of hydrogen-bond donors (Lipinski definition) is 0. The highest BCUT2D eigenvalue weighted by molar-refractivity contribution is 5.73. The molecule has 2 rings (SSSR count). The van der Waals surface area contributed by atoms with Crippen LogP contribution in [0.5, 0.6) is 0 Å². The normalized spacial score (nSPS) is 21.4. The molecule has 1 aromatic rings. The summed E-state index contributed by atoms with van der Waals surface area (Å²) in [7, 11) is 0. The quantitative estimate of drug-likeness (QED) is 0.748. The Bertz CT molecular complexity index is 411. The van der Waals surface area contributed by atoms with E-state index in [1.54, 1.807) is 5.57 Å². The Hall–Kier alpha value is -1.08. The highest BCUT2D eigenvalue weighted by Crippen LogP contribution is 2.31. The van der Waals surface area contributed by atoms with Gasteiger partial charge < -0.3 is 0 Å². The zero-order valence-corrected chi connectivity index (χ0v) is 11.5. The van der Waals surface area contributed by atoms with Crippen LogP contribution in [0.25, 0.3) is 5.57 Å². The van der Waals surface area contributed by atoms with Crippen LogP contribution >= 0.6 is 0 Å². The molecule has 1 aliphatic rings. The molecule has 1 heteroatoms. The molecule has 0 amide bonds. The summed E-state index contributed by atoms with van der Waals surface area (Å²) in [6.07, 6.45) is 2.42. The number of hydrogen-bond acceptors (Lipinski definition) is 1. The first kappa shape index (κ1) is 12.4. The summed E-state index contributed by atoms with van der Waals surface area (Å²) in [5.41, 5.74) is 5.85. The molecule has 0 saturated heterocycles. The molecule has 0 saturated carbocycles. The van der Waals surface area contributed by atoms with E-state index in [1.165, 1.54) is 23.2 Å². The second kappa shape index (κ2) is 5.05. The highest BCUT2D eigenvalue weighted by atomic mass is 15.1. The number of benzene rings is 1. The van der Waals surface area contributed by atoms with Crippen molar-refractivity contribution >= 4 is 5.57 Å². The molecule has 1 nitrogen and oxygen atoms in total. The molecule has 0 fully saturated rings. The Morgan fingerprint density at radius 3 is 2.41 bits per heavy atom. The molecule has 0 bridgehead atoms. The number of rotatable bonds is 2. The third kappa shape index (κ3) is 2.44. The molecule has 1 unspecified atom stereocenters. The van der Waals surface area contributed by atoms with Gasteiger partial charge in [0.1, 0.15) is 0 Å². The van der Waals surface area contributed by atoms with Crippen molar-refractivity contribution < 1.29 is 0 Å². The molecule has 1 atom stereocenters. The van der Waals surface area contributed by atoms with E-state index < -0.39 is 0 Å². The average molecular weight is 229 g/mol. The van der Waals surface area contributed by atoms with Gasteiger partial charge in [-0.05, 0) is 48.6 Å². The fourth-order valence-corrected chi connectivity index (χ4v) is 2.87. The Labute approximate surface area is 105 Å². The zero-order chi connectivity index (χ0) is 12.4. The summed E-state index contributed by atoms with van der Waals surface area (Å²) >= 11 is 0. The third-order valence-electron chi connectivity index (χ3n) is 3.85. The van der Waals surface area contributed by atoms with Crippen LogP contribution in [0.4, 0.5) is 0 Å². The van der Waals surface area contributed by atoms with Gasteiger partial charge in [0.25, 0.3) is 0 Å². The summed E-state index contributed by atoms with van der Waals surface area (Å²) in [5, 5.41) is 0. The van der Waals surface area contributed by atoms with Crippen molar-refractivity contribution in [2.24, 2.45) is 5.92 Å². The van der Waals surface area contributed by atoms with Gasteiger partial charge in [0.2, 0.25) is 0 Å². The third-order valence-corrected chi connectivity index (χ3v) is 3.85. The second-order valence-electron chi connectivity index (χ2n) is 5.18. The van der Waals surface area contributed by atoms with E-state index in [0.717, 1.165) is 13.1 Å². The molecule has 0 aliphatic carbocycles. The Kier molecular flexibility index (Phi) is 3.68.